The molecule has 2 aromatic rings. The van der Waals surface area contributed by atoms with Crippen LogP contribution >= 0.6 is 0 Å². The molecule has 2 N–H and O–H groups in total. The van der Waals surface area contributed by atoms with E-state index in [-0.39, 0.29) is 0 Å². The highest BCUT2D eigenvalue weighted by Gasteiger charge is 2.15. The molecule has 4 nitrogen and oxygen atoms in total. The minimum absolute atomic E-state index is 0.591. The van der Waals surface area contributed by atoms with Crippen LogP contribution in [0.15, 0.2) is 24.3 Å². The third kappa shape index (κ3) is 2.11. The molecule has 1 heterocycles. The summed E-state index contributed by atoms with van der Waals surface area (Å²) in [5.41, 5.74) is 9.95. The number of benzene rings is 1. The second-order valence-electron chi connectivity index (χ2n) is 4.26. The number of aryl methyl sites for hydroxylation is 1. The molecule has 18 heavy (non-hydrogen) atoms. The maximum absolute atomic E-state index is 5.60. The van der Waals surface area contributed by atoms with E-state index in [1.807, 2.05) is 29.8 Å². The first kappa shape index (κ1) is 12.6. The van der Waals surface area contributed by atoms with Gasteiger partial charge in [-0.2, -0.15) is 5.10 Å². The molecule has 0 unspecified atom stereocenters. The van der Waals surface area contributed by atoms with E-state index in [4.69, 9.17) is 10.5 Å². The van der Waals surface area contributed by atoms with E-state index in [1.54, 1.807) is 7.11 Å². The number of aromatic nitrogens is 2. The Morgan fingerprint density at radius 2 is 2.00 bits per heavy atom. The Hall–Kier alpha value is -1.81. The van der Waals surface area contributed by atoms with Crippen LogP contribution in [0.4, 0.5) is 0 Å². The number of hydrogen-bond donors (Lipinski definition) is 1. The first-order valence-corrected chi connectivity index (χ1v) is 6.06. The minimum Gasteiger partial charge on any atom is -0.496 e. The van der Waals surface area contributed by atoms with Gasteiger partial charge in [-0.15, -0.1) is 0 Å². The highest BCUT2D eigenvalue weighted by Crippen LogP contribution is 2.33. The van der Waals surface area contributed by atoms with Crippen molar-refractivity contribution in [3.8, 4) is 16.9 Å². The highest BCUT2D eigenvalue weighted by atomic mass is 16.5. The molecule has 0 aliphatic rings. The standard InChI is InChI=1S/C14H19N3O/c1-10-14(11(2)17(16-10)9-8-15)12-6-4-5-7-13(12)18-3/h4-7H,8-9,15H2,1-3H3. The first-order valence-electron chi connectivity index (χ1n) is 6.06. The molecule has 0 aliphatic heterocycles. The SMILES string of the molecule is COc1ccccc1-c1c(C)nn(CCN)c1C. The van der Waals surface area contributed by atoms with Gasteiger partial charge >= 0.3 is 0 Å². The van der Waals surface area contributed by atoms with Crippen LogP contribution < -0.4 is 10.5 Å². The Bertz CT molecular complexity index is 546. The molecule has 0 atom stereocenters. The summed E-state index contributed by atoms with van der Waals surface area (Å²) >= 11 is 0. The van der Waals surface area contributed by atoms with Crippen molar-refractivity contribution in [1.82, 2.24) is 9.78 Å². The molecule has 2 rings (SSSR count). The minimum atomic E-state index is 0.591. The van der Waals surface area contributed by atoms with Crippen LogP contribution in [0.3, 0.4) is 0 Å². The van der Waals surface area contributed by atoms with Crippen LogP contribution in [0.25, 0.3) is 11.1 Å². The third-order valence-corrected chi connectivity index (χ3v) is 3.10. The Morgan fingerprint density at radius 3 is 2.67 bits per heavy atom. The van der Waals surface area contributed by atoms with Crippen molar-refractivity contribution in [2.75, 3.05) is 13.7 Å². The summed E-state index contributed by atoms with van der Waals surface area (Å²) in [4.78, 5) is 0. The highest BCUT2D eigenvalue weighted by molar-refractivity contribution is 5.74. The van der Waals surface area contributed by atoms with E-state index in [2.05, 4.69) is 18.1 Å². The van der Waals surface area contributed by atoms with Crippen LogP contribution in [0.5, 0.6) is 5.75 Å². The van der Waals surface area contributed by atoms with Crippen LogP contribution in [0.2, 0.25) is 0 Å². The van der Waals surface area contributed by atoms with Crippen LogP contribution in [0, 0.1) is 13.8 Å². The summed E-state index contributed by atoms with van der Waals surface area (Å²) in [7, 11) is 1.69. The molecule has 0 spiro atoms. The van der Waals surface area contributed by atoms with Crippen LogP contribution in [0.1, 0.15) is 11.4 Å². The van der Waals surface area contributed by atoms with E-state index in [0.717, 1.165) is 34.8 Å². The number of nitrogens with zero attached hydrogens (tertiary/aromatic N) is 2. The van der Waals surface area contributed by atoms with Gasteiger partial charge in [0.1, 0.15) is 5.75 Å². The number of hydrogen-bond acceptors (Lipinski definition) is 3. The number of nitrogens with two attached hydrogens (primary N) is 1. The molecule has 0 amide bonds. The average Bonchev–Trinajstić information content (AvgIpc) is 2.65. The molecule has 1 aromatic carbocycles. The molecule has 0 fully saturated rings. The van der Waals surface area contributed by atoms with Crippen molar-refractivity contribution in [2.24, 2.45) is 5.73 Å². The molecule has 0 aliphatic carbocycles. The van der Waals surface area contributed by atoms with Gasteiger partial charge in [-0.1, -0.05) is 18.2 Å². The van der Waals surface area contributed by atoms with Gasteiger partial charge in [-0.05, 0) is 19.9 Å². The van der Waals surface area contributed by atoms with Crippen molar-refractivity contribution in [2.45, 2.75) is 20.4 Å². The first-order chi connectivity index (χ1) is 8.69. The molecule has 0 radical (unpaired) electrons. The fourth-order valence-electron chi connectivity index (χ4n) is 2.28. The molecule has 0 saturated heterocycles. The molecule has 0 bridgehead atoms. The van der Waals surface area contributed by atoms with Crippen molar-refractivity contribution in [3.63, 3.8) is 0 Å². The van der Waals surface area contributed by atoms with E-state index in [1.165, 1.54) is 0 Å². The summed E-state index contributed by atoms with van der Waals surface area (Å²) in [5, 5.41) is 4.53. The van der Waals surface area contributed by atoms with E-state index in [0.29, 0.717) is 6.54 Å². The van der Waals surface area contributed by atoms with E-state index in [9.17, 15) is 0 Å². The van der Waals surface area contributed by atoms with E-state index < -0.39 is 0 Å². The summed E-state index contributed by atoms with van der Waals surface area (Å²) in [6.07, 6.45) is 0. The maximum atomic E-state index is 5.60. The predicted molar refractivity (Wildman–Crippen MR) is 72.7 cm³/mol. The van der Waals surface area contributed by atoms with Gasteiger partial charge in [0.25, 0.3) is 0 Å². The van der Waals surface area contributed by atoms with Gasteiger partial charge < -0.3 is 10.5 Å². The fraction of sp³-hybridized carbons (Fsp3) is 0.357. The summed E-state index contributed by atoms with van der Waals surface area (Å²) in [6, 6.07) is 8.01. The zero-order valence-electron chi connectivity index (χ0n) is 11.1. The Labute approximate surface area is 107 Å². The Kier molecular flexibility index (Phi) is 3.67. The number of para-hydroxylation sites is 1. The topological polar surface area (TPSA) is 53.1 Å². The van der Waals surface area contributed by atoms with Gasteiger partial charge in [-0.3, -0.25) is 4.68 Å². The van der Waals surface area contributed by atoms with Gasteiger partial charge in [0.15, 0.2) is 0 Å². The molecule has 4 heteroatoms. The quantitative estimate of drug-likeness (QED) is 0.897. The number of methoxy groups -OCH3 is 1. The van der Waals surface area contributed by atoms with Crippen LogP contribution in [-0.4, -0.2) is 23.4 Å². The smallest absolute Gasteiger partial charge is 0.126 e. The lowest BCUT2D eigenvalue weighted by atomic mass is 10.0. The summed E-state index contributed by atoms with van der Waals surface area (Å²) in [6.45, 7) is 5.41. The van der Waals surface area contributed by atoms with Gasteiger partial charge in [0.05, 0.1) is 19.3 Å². The lowest BCUT2D eigenvalue weighted by molar-refractivity contribution is 0.416. The third-order valence-electron chi connectivity index (χ3n) is 3.10. The Balaban J connectivity index is 2.57. The zero-order valence-corrected chi connectivity index (χ0v) is 11.1. The molecule has 0 saturated carbocycles. The molecular formula is C14H19N3O. The van der Waals surface area contributed by atoms with Crippen molar-refractivity contribution in [1.29, 1.82) is 0 Å². The second-order valence-corrected chi connectivity index (χ2v) is 4.26. The van der Waals surface area contributed by atoms with Crippen molar-refractivity contribution < 1.29 is 4.74 Å². The molecular weight excluding hydrogens is 226 g/mol. The van der Waals surface area contributed by atoms with Crippen molar-refractivity contribution in [3.05, 3.63) is 35.7 Å². The molecule has 1 aromatic heterocycles. The summed E-state index contributed by atoms with van der Waals surface area (Å²) in [5.74, 6) is 0.871. The maximum Gasteiger partial charge on any atom is 0.126 e. The van der Waals surface area contributed by atoms with Gasteiger partial charge in [0, 0.05) is 23.4 Å². The predicted octanol–water partition coefficient (Wildman–Crippen LogP) is 2.13. The lowest BCUT2D eigenvalue weighted by Gasteiger charge is -2.09. The van der Waals surface area contributed by atoms with Gasteiger partial charge in [0.2, 0.25) is 0 Å². The van der Waals surface area contributed by atoms with Crippen molar-refractivity contribution >= 4 is 0 Å². The monoisotopic (exact) mass is 245 g/mol. The Morgan fingerprint density at radius 1 is 1.28 bits per heavy atom. The summed E-state index contributed by atoms with van der Waals surface area (Å²) < 4.78 is 7.37. The lowest BCUT2D eigenvalue weighted by Crippen LogP contribution is -2.12. The normalized spacial score (nSPS) is 10.7. The second kappa shape index (κ2) is 5.23. The number of rotatable bonds is 4. The van der Waals surface area contributed by atoms with Gasteiger partial charge in [-0.25, -0.2) is 0 Å². The zero-order chi connectivity index (χ0) is 13.1. The fourth-order valence-corrected chi connectivity index (χ4v) is 2.28. The van der Waals surface area contributed by atoms with Crippen LogP contribution in [-0.2, 0) is 6.54 Å². The molecule has 96 valence electrons. The largest absolute Gasteiger partial charge is 0.496 e. The van der Waals surface area contributed by atoms with E-state index >= 15 is 0 Å². The number of ether oxygens (including phenoxy) is 1. The average molecular weight is 245 g/mol.